The van der Waals surface area contributed by atoms with Crippen molar-refractivity contribution in [1.29, 1.82) is 0 Å². The van der Waals surface area contributed by atoms with Crippen molar-refractivity contribution in [3.63, 3.8) is 0 Å². The fourth-order valence-electron chi connectivity index (χ4n) is 1.81. The van der Waals surface area contributed by atoms with E-state index in [0.29, 0.717) is 12.5 Å². The lowest BCUT2D eigenvalue weighted by atomic mass is 10.1. The minimum atomic E-state index is -3.47. The van der Waals surface area contributed by atoms with Gasteiger partial charge in [0, 0.05) is 18.8 Å². The van der Waals surface area contributed by atoms with Gasteiger partial charge in [0.05, 0.1) is 12.7 Å². The van der Waals surface area contributed by atoms with Crippen LogP contribution in [0, 0.1) is 5.92 Å². The maximum atomic E-state index is 12.2. The third kappa shape index (κ3) is 5.60. The number of hydrogen-bond acceptors (Lipinski definition) is 4. The molecule has 0 radical (unpaired) electrons. The Morgan fingerprint density at radius 1 is 1.30 bits per heavy atom. The topological polar surface area (TPSA) is 76.0 Å². The van der Waals surface area contributed by atoms with Crippen LogP contribution in [-0.4, -0.2) is 37.8 Å². The van der Waals surface area contributed by atoms with E-state index in [4.69, 9.17) is 0 Å². The predicted molar refractivity (Wildman–Crippen MR) is 80.0 cm³/mol. The summed E-state index contributed by atoms with van der Waals surface area (Å²) in [6.07, 6.45) is 4.80. The summed E-state index contributed by atoms with van der Waals surface area (Å²) in [5.41, 5.74) is 0. The van der Waals surface area contributed by atoms with Crippen LogP contribution >= 0.6 is 0 Å². The fraction of sp³-hybridized carbons (Fsp3) is 0.769. The van der Waals surface area contributed by atoms with E-state index in [-0.39, 0.29) is 10.9 Å². The second-order valence-corrected chi connectivity index (χ2v) is 7.25. The highest BCUT2D eigenvalue weighted by Gasteiger charge is 2.19. The van der Waals surface area contributed by atoms with Gasteiger partial charge in [0.15, 0.2) is 0 Å². The van der Waals surface area contributed by atoms with Gasteiger partial charge in [0.25, 0.3) is 0 Å². The van der Waals surface area contributed by atoms with Crippen LogP contribution in [0.5, 0.6) is 0 Å². The lowest BCUT2D eigenvalue weighted by Crippen LogP contribution is -2.32. The molecule has 0 aliphatic rings. The number of hydrogen-bond donors (Lipinski definition) is 2. The quantitative estimate of drug-likeness (QED) is 0.719. The SMILES string of the molecule is CNCCn1cc(S(=O)(=O)NC(C)CCC(C)C)cn1. The maximum absolute atomic E-state index is 12.2. The molecule has 20 heavy (non-hydrogen) atoms. The molecule has 0 amide bonds. The van der Waals surface area contributed by atoms with E-state index in [1.807, 2.05) is 14.0 Å². The van der Waals surface area contributed by atoms with Crippen molar-refractivity contribution in [2.45, 2.75) is 51.1 Å². The number of rotatable bonds is 9. The zero-order chi connectivity index (χ0) is 15.2. The number of nitrogens with zero attached hydrogens (tertiary/aromatic N) is 2. The van der Waals surface area contributed by atoms with Gasteiger partial charge in [-0.25, -0.2) is 13.1 Å². The average Bonchev–Trinajstić information content (AvgIpc) is 2.83. The van der Waals surface area contributed by atoms with E-state index in [0.717, 1.165) is 19.4 Å². The highest BCUT2D eigenvalue weighted by Crippen LogP contribution is 2.11. The van der Waals surface area contributed by atoms with Gasteiger partial charge < -0.3 is 5.32 Å². The number of aromatic nitrogens is 2. The van der Waals surface area contributed by atoms with Gasteiger partial charge in [-0.05, 0) is 32.7 Å². The van der Waals surface area contributed by atoms with Crippen molar-refractivity contribution in [3.8, 4) is 0 Å². The third-order valence-corrected chi connectivity index (χ3v) is 4.59. The molecule has 0 aliphatic heterocycles. The highest BCUT2D eigenvalue weighted by molar-refractivity contribution is 7.89. The lowest BCUT2D eigenvalue weighted by molar-refractivity contribution is 0.485. The molecule has 1 aromatic heterocycles. The molecule has 2 N–H and O–H groups in total. The predicted octanol–water partition coefficient (Wildman–Crippen LogP) is 1.21. The van der Waals surface area contributed by atoms with E-state index < -0.39 is 10.0 Å². The molecule has 1 unspecified atom stereocenters. The molecular weight excluding hydrogens is 276 g/mol. The van der Waals surface area contributed by atoms with Crippen molar-refractivity contribution in [2.24, 2.45) is 5.92 Å². The summed E-state index contributed by atoms with van der Waals surface area (Å²) in [6, 6.07) is -0.0666. The lowest BCUT2D eigenvalue weighted by Gasteiger charge is -2.14. The van der Waals surface area contributed by atoms with Crippen molar-refractivity contribution < 1.29 is 8.42 Å². The van der Waals surface area contributed by atoms with E-state index in [1.54, 1.807) is 10.9 Å². The molecule has 0 fully saturated rings. The molecule has 0 bridgehead atoms. The van der Waals surface area contributed by atoms with Gasteiger partial charge in [-0.15, -0.1) is 0 Å². The number of nitrogens with one attached hydrogen (secondary N) is 2. The molecule has 1 heterocycles. The molecule has 116 valence electrons. The minimum absolute atomic E-state index is 0.0666. The monoisotopic (exact) mass is 302 g/mol. The van der Waals surface area contributed by atoms with E-state index in [9.17, 15) is 8.42 Å². The first kappa shape index (κ1) is 17.1. The van der Waals surface area contributed by atoms with Crippen LogP contribution in [-0.2, 0) is 16.6 Å². The average molecular weight is 302 g/mol. The van der Waals surface area contributed by atoms with Gasteiger partial charge in [0.1, 0.15) is 4.90 Å². The molecule has 1 rings (SSSR count). The van der Waals surface area contributed by atoms with Crippen LogP contribution in [0.3, 0.4) is 0 Å². The van der Waals surface area contributed by atoms with Crippen LogP contribution in [0.15, 0.2) is 17.3 Å². The minimum Gasteiger partial charge on any atom is -0.318 e. The van der Waals surface area contributed by atoms with Crippen LogP contribution in [0.4, 0.5) is 0 Å². The Hall–Kier alpha value is -0.920. The Morgan fingerprint density at radius 2 is 2.00 bits per heavy atom. The van der Waals surface area contributed by atoms with E-state index in [2.05, 4.69) is 29.0 Å². The summed E-state index contributed by atoms with van der Waals surface area (Å²) in [5.74, 6) is 0.575. The number of likely N-dealkylation sites (N-methyl/N-ethyl adjacent to an activating group) is 1. The smallest absolute Gasteiger partial charge is 0.243 e. The zero-order valence-electron chi connectivity index (χ0n) is 12.8. The summed E-state index contributed by atoms with van der Waals surface area (Å²) < 4.78 is 28.7. The first-order valence-corrected chi connectivity index (χ1v) is 8.53. The largest absolute Gasteiger partial charge is 0.318 e. The second kappa shape index (κ2) is 7.75. The van der Waals surface area contributed by atoms with Gasteiger partial charge >= 0.3 is 0 Å². The first-order chi connectivity index (χ1) is 9.35. The molecule has 0 aliphatic carbocycles. The van der Waals surface area contributed by atoms with Gasteiger partial charge in [-0.1, -0.05) is 13.8 Å². The van der Waals surface area contributed by atoms with Gasteiger partial charge in [-0.3, -0.25) is 4.68 Å². The first-order valence-electron chi connectivity index (χ1n) is 7.04. The summed E-state index contributed by atoms with van der Waals surface area (Å²) in [4.78, 5) is 0.227. The Labute approximate surface area is 122 Å². The maximum Gasteiger partial charge on any atom is 0.243 e. The van der Waals surface area contributed by atoms with Crippen molar-refractivity contribution >= 4 is 10.0 Å². The molecule has 0 aromatic carbocycles. The summed E-state index contributed by atoms with van der Waals surface area (Å²) >= 11 is 0. The Kier molecular flexibility index (Phi) is 6.64. The molecule has 0 saturated carbocycles. The van der Waals surface area contributed by atoms with Crippen molar-refractivity contribution in [2.75, 3.05) is 13.6 Å². The Balaban J connectivity index is 2.61. The highest BCUT2D eigenvalue weighted by atomic mass is 32.2. The van der Waals surface area contributed by atoms with Gasteiger partial charge in [0.2, 0.25) is 10.0 Å². The molecule has 1 aromatic rings. The summed E-state index contributed by atoms with van der Waals surface area (Å²) in [6.45, 7) is 7.56. The summed E-state index contributed by atoms with van der Waals surface area (Å²) in [5, 5.41) is 7.06. The van der Waals surface area contributed by atoms with E-state index in [1.165, 1.54) is 6.20 Å². The normalized spacial score (nSPS) is 13.8. The van der Waals surface area contributed by atoms with Crippen molar-refractivity contribution in [3.05, 3.63) is 12.4 Å². The van der Waals surface area contributed by atoms with E-state index >= 15 is 0 Å². The molecule has 0 saturated heterocycles. The second-order valence-electron chi connectivity index (χ2n) is 5.54. The van der Waals surface area contributed by atoms with Gasteiger partial charge in [-0.2, -0.15) is 5.10 Å². The number of sulfonamides is 1. The van der Waals surface area contributed by atoms with Crippen LogP contribution in [0.25, 0.3) is 0 Å². The standard InChI is InChI=1S/C13H26N4O2S/c1-11(2)5-6-12(3)16-20(18,19)13-9-15-17(10-13)8-7-14-4/h9-12,14,16H,5-8H2,1-4H3. The van der Waals surface area contributed by atoms with Crippen molar-refractivity contribution in [1.82, 2.24) is 19.8 Å². The zero-order valence-corrected chi connectivity index (χ0v) is 13.6. The fourth-order valence-corrected chi connectivity index (χ4v) is 3.04. The molecule has 1 atom stereocenters. The molecular formula is C13H26N4O2S. The van der Waals surface area contributed by atoms with Crippen LogP contribution in [0.2, 0.25) is 0 Å². The summed E-state index contributed by atoms with van der Waals surface area (Å²) in [7, 11) is -1.62. The third-order valence-electron chi connectivity index (χ3n) is 3.04. The Morgan fingerprint density at radius 3 is 2.60 bits per heavy atom. The molecule has 7 heteroatoms. The van der Waals surface area contributed by atoms with Crippen LogP contribution < -0.4 is 10.0 Å². The molecule has 0 spiro atoms. The molecule has 6 nitrogen and oxygen atoms in total. The Bertz CT molecular complexity index is 496. The van der Waals surface area contributed by atoms with Crippen LogP contribution in [0.1, 0.15) is 33.6 Å².